The van der Waals surface area contributed by atoms with Gasteiger partial charge in [-0.1, -0.05) is 0 Å². The standard InChI is InChI=1S/C9H13NO2/c10-3-1-8-5-7-6-11-4-2-9(7)12-8/h5H,1-4,6,10H2. The summed E-state index contributed by atoms with van der Waals surface area (Å²) in [5.74, 6) is 2.08. The topological polar surface area (TPSA) is 48.4 Å². The molecule has 0 fully saturated rings. The summed E-state index contributed by atoms with van der Waals surface area (Å²) in [6.45, 7) is 2.12. The zero-order valence-corrected chi connectivity index (χ0v) is 7.01. The normalized spacial score (nSPS) is 16.1. The maximum atomic E-state index is 5.59. The Morgan fingerprint density at radius 3 is 3.17 bits per heavy atom. The van der Waals surface area contributed by atoms with Crippen molar-refractivity contribution in [2.24, 2.45) is 5.73 Å². The van der Waals surface area contributed by atoms with Gasteiger partial charge in [-0.05, 0) is 12.6 Å². The molecule has 2 rings (SSSR count). The van der Waals surface area contributed by atoms with E-state index in [-0.39, 0.29) is 0 Å². The maximum Gasteiger partial charge on any atom is 0.111 e. The van der Waals surface area contributed by atoms with Crippen molar-refractivity contribution >= 4 is 0 Å². The Balaban J connectivity index is 2.20. The molecule has 1 aromatic rings. The smallest absolute Gasteiger partial charge is 0.111 e. The van der Waals surface area contributed by atoms with Crippen LogP contribution in [0.4, 0.5) is 0 Å². The molecule has 0 spiro atoms. The monoisotopic (exact) mass is 167 g/mol. The quantitative estimate of drug-likeness (QED) is 0.710. The summed E-state index contributed by atoms with van der Waals surface area (Å²) >= 11 is 0. The molecule has 0 unspecified atom stereocenters. The number of fused-ring (bicyclic) bond motifs is 1. The SMILES string of the molecule is NCCc1cc2c(o1)CCOC2. The molecule has 0 aliphatic carbocycles. The van der Waals surface area contributed by atoms with Crippen LogP contribution in [-0.2, 0) is 24.2 Å². The van der Waals surface area contributed by atoms with Crippen LogP contribution < -0.4 is 5.73 Å². The van der Waals surface area contributed by atoms with Crippen molar-refractivity contribution in [3.8, 4) is 0 Å². The highest BCUT2D eigenvalue weighted by Gasteiger charge is 2.14. The average molecular weight is 167 g/mol. The van der Waals surface area contributed by atoms with E-state index in [0.29, 0.717) is 13.2 Å². The van der Waals surface area contributed by atoms with E-state index < -0.39 is 0 Å². The van der Waals surface area contributed by atoms with Gasteiger partial charge in [0.05, 0.1) is 13.2 Å². The van der Waals surface area contributed by atoms with E-state index in [4.69, 9.17) is 14.9 Å². The maximum absolute atomic E-state index is 5.59. The van der Waals surface area contributed by atoms with Gasteiger partial charge >= 0.3 is 0 Å². The third kappa shape index (κ3) is 1.38. The van der Waals surface area contributed by atoms with Gasteiger partial charge in [0.25, 0.3) is 0 Å². The molecule has 0 radical (unpaired) electrons. The predicted octanol–water partition coefficient (Wildman–Crippen LogP) is 0.853. The Bertz CT molecular complexity index is 244. The third-order valence-electron chi connectivity index (χ3n) is 2.07. The molecule has 3 heteroatoms. The molecule has 0 saturated carbocycles. The fraction of sp³-hybridized carbons (Fsp3) is 0.556. The fourth-order valence-corrected chi connectivity index (χ4v) is 1.47. The lowest BCUT2D eigenvalue weighted by Gasteiger charge is -2.09. The molecule has 1 aromatic heterocycles. The van der Waals surface area contributed by atoms with Crippen LogP contribution in [-0.4, -0.2) is 13.2 Å². The van der Waals surface area contributed by atoms with Gasteiger partial charge in [0.1, 0.15) is 11.5 Å². The number of ether oxygens (including phenoxy) is 1. The van der Waals surface area contributed by atoms with Crippen LogP contribution in [0.25, 0.3) is 0 Å². The van der Waals surface area contributed by atoms with Gasteiger partial charge < -0.3 is 14.9 Å². The van der Waals surface area contributed by atoms with E-state index in [1.54, 1.807) is 0 Å². The highest BCUT2D eigenvalue weighted by Crippen LogP contribution is 2.20. The summed E-state index contributed by atoms with van der Waals surface area (Å²) in [5, 5.41) is 0. The molecule has 1 aliphatic rings. The molecule has 0 aromatic carbocycles. The summed E-state index contributed by atoms with van der Waals surface area (Å²) in [5.41, 5.74) is 6.63. The van der Waals surface area contributed by atoms with Crippen molar-refractivity contribution in [2.45, 2.75) is 19.4 Å². The van der Waals surface area contributed by atoms with Gasteiger partial charge in [0, 0.05) is 18.4 Å². The minimum absolute atomic E-state index is 0.646. The van der Waals surface area contributed by atoms with Gasteiger partial charge in [0.2, 0.25) is 0 Å². The predicted molar refractivity (Wildman–Crippen MR) is 44.8 cm³/mol. The van der Waals surface area contributed by atoms with Crippen molar-refractivity contribution in [2.75, 3.05) is 13.2 Å². The van der Waals surface area contributed by atoms with Crippen LogP contribution in [0, 0.1) is 0 Å². The van der Waals surface area contributed by atoms with Gasteiger partial charge in [-0.15, -0.1) is 0 Å². The third-order valence-corrected chi connectivity index (χ3v) is 2.07. The second-order valence-corrected chi connectivity index (χ2v) is 3.00. The van der Waals surface area contributed by atoms with Crippen molar-refractivity contribution in [1.82, 2.24) is 0 Å². The van der Waals surface area contributed by atoms with E-state index in [9.17, 15) is 0 Å². The summed E-state index contributed by atoms with van der Waals surface area (Å²) in [7, 11) is 0. The van der Waals surface area contributed by atoms with Crippen LogP contribution in [0.5, 0.6) is 0 Å². The number of rotatable bonds is 2. The molecule has 0 atom stereocenters. The van der Waals surface area contributed by atoms with Gasteiger partial charge in [-0.3, -0.25) is 0 Å². The van der Waals surface area contributed by atoms with Crippen LogP contribution >= 0.6 is 0 Å². The highest BCUT2D eigenvalue weighted by atomic mass is 16.5. The van der Waals surface area contributed by atoms with E-state index in [1.807, 2.05) is 0 Å². The molecule has 66 valence electrons. The first-order valence-electron chi connectivity index (χ1n) is 4.28. The summed E-state index contributed by atoms with van der Waals surface area (Å²) in [4.78, 5) is 0. The molecular formula is C9H13NO2. The summed E-state index contributed by atoms with van der Waals surface area (Å²) in [6, 6.07) is 2.06. The first-order chi connectivity index (χ1) is 5.90. The van der Waals surface area contributed by atoms with Crippen LogP contribution in [0.15, 0.2) is 10.5 Å². The molecule has 12 heavy (non-hydrogen) atoms. The lowest BCUT2D eigenvalue weighted by molar-refractivity contribution is 0.104. The van der Waals surface area contributed by atoms with E-state index >= 15 is 0 Å². The number of nitrogens with two attached hydrogens (primary N) is 1. The largest absolute Gasteiger partial charge is 0.466 e. The van der Waals surface area contributed by atoms with Gasteiger partial charge in [0.15, 0.2) is 0 Å². The number of hydrogen-bond donors (Lipinski definition) is 1. The number of furan rings is 1. The van der Waals surface area contributed by atoms with Crippen molar-refractivity contribution in [3.63, 3.8) is 0 Å². The summed E-state index contributed by atoms with van der Waals surface area (Å²) < 4.78 is 10.9. The van der Waals surface area contributed by atoms with Crippen molar-refractivity contribution in [3.05, 3.63) is 23.2 Å². The second-order valence-electron chi connectivity index (χ2n) is 3.00. The van der Waals surface area contributed by atoms with Crippen LogP contribution in [0.2, 0.25) is 0 Å². The lowest BCUT2D eigenvalue weighted by atomic mass is 10.2. The first-order valence-corrected chi connectivity index (χ1v) is 4.28. The van der Waals surface area contributed by atoms with E-state index in [0.717, 1.165) is 31.0 Å². The minimum Gasteiger partial charge on any atom is -0.466 e. The molecule has 0 saturated heterocycles. The average Bonchev–Trinajstić information content (AvgIpc) is 2.47. The second kappa shape index (κ2) is 3.29. The lowest BCUT2D eigenvalue weighted by Crippen LogP contribution is -2.06. The number of hydrogen-bond acceptors (Lipinski definition) is 3. The van der Waals surface area contributed by atoms with Crippen molar-refractivity contribution in [1.29, 1.82) is 0 Å². The molecule has 2 heterocycles. The van der Waals surface area contributed by atoms with E-state index in [2.05, 4.69) is 6.07 Å². The van der Waals surface area contributed by atoms with Crippen LogP contribution in [0.3, 0.4) is 0 Å². The first kappa shape index (κ1) is 7.83. The highest BCUT2D eigenvalue weighted by molar-refractivity contribution is 5.22. The Morgan fingerprint density at radius 1 is 1.50 bits per heavy atom. The zero-order valence-electron chi connectivity index (χ0n) is 7.01. The Labute approximate surface area is 71.5 Å². The Hall–Kier alpha value is -0.800. The zero-order chi connectivity index (χ0) is 8.39. The van der Waals surface area contributed by atoms with Crippen LogP contribution in [0.1, 0.15) is 17.1 Å². The van der Waals surface area contributed by atoms with E-state index in [1.165, 1.54) is 5.56 Å². The summed E-state index contributed by atoms with van der Waals surface area (Å²) in [6.07, 6.45) is 1.73. The van der Waals surface area contributed by atoms with Crippen molar-refractivity contribution < 1.29 is 9.15 Å². The molecule has 0 amide bonds. The Morgan fingerprint density at radius 2 is 2.42 bits per heavy atom. The van der Waals surface area contributed by atoms with Gasteiger partial charge in [-0.2, -0.15) is 0 Å². The minimum atomic E-state index is 0.646. The molecular weight excluding hydrogens is 154 g/mol. The molecule has 1 aliphatic heterocycles. The fourth-order valence-electron chi connectivity index (χ4n) is 1.47. The molecule has 2 N–H and O–H groups in total. The van der Waals surface area contributed by atoms with Gasteiger partial charge in [-0.25, -0.2) is 0 Å². The molecule has 3 nitrogen and oxygen atoms in total. The Kier molecular flexibility index (Phi) is 2.15. The molecule has 0 bridgehead atoms.